The van der Waals surface area contributed by atoms with Crippen LogP contribution in [-0.2, 0) is 30.4 Å². The molecule has 0 radical (unpaired) electrons. The molecule has 0 bridgehead atoms. The smallest absolute Gasteiger partial charge is 0.257 e. The third-order valence-electron chi connectivity index (χ3n) is 10.2. The Balaban J connectivity index is 0.869. The van der Waals surface area contributed by atoms with Crippen LogP contribution in [0.1, 0.15) is 66.0 Å². The Labute approximate surface area is 369 Å². The van der Waals surface area contributed by atoms with Crippen molar-refractivity contribution < 1.29 is 38.6 Å². The highest BCUT2D eigenvalue weighted by molar-refractivity contribution is 7.97. The Kier molecular flexibility index (Phi) is 15.5. The molecule has 18 heteroatoms. The Morgan fingerprint density at radius 3 is 2.29 bits per heavy atom. The van der Waals surface area contributed by atoms with Gasteiger partial charge in [0.15, 0.2) is 5.13 Å². The van der Waals surface area contributed by atoms with Crippen molar-refractivity contribution in [1.82, 2.24) is 35.1 Å². The van der Waals surface area contributed by atoms with E-state index in [0.717, 1.165) is 11.1 Å². The number of allylic oxidation sites excluding steroid dienone is 1. The van der Waals surface area contributed by atoms with Crippen molar-refractivity contribution in [2.45, 2.75) is 58.8 Å². The zero-order chi connectivity index (χ0) is 44.4. The van der Waals surface area contributed by atoms with E-state index in [0.29, 0.717) is 27.6 Å². The van der Waals surface area contributed by atoms with Crippen molar-refractivity contribution in [2.24, 2.45) is 5.41 Å². The number of nitrogens with one attached hydrogen (secondary N) is 4. The average Bonchev–Trinajstić information content (AvgIpc) is 3.51. The number of aliphatic hydroxyl groups is 1. The number of hydrogen-bond acceptors (Lipinski definition) is 13. The minimum atomic E-state index is -0.990. The minimum Gasteiger partial charge on any atom is -0.391 e. The third-order valence-corrected chi connectivity index (χ3v) is 11.7. The van der Waals surface area contributed by atoms with E-state index in [9.17, 15) is 29.1 Å². The summed E-state index contributed by atoms with van der Waals surface area (Å²) in [6.07, 6.45) is 2.90. The van der Waals surface area contributed by atoms with Gasteiger partial charge in [0.1, 0.15) is 24.4 Å². The molecule has 0 aliphatic carbocycles. The molecule has 1 saturated heterocycles. The molecule has 0 spiro atoms. The van der Waals surface area contributed by atoms with Crippen molar-refractivity contribution in [2.75, 3.05) is 51.1 Å². The average molecular weight is 885 g/mol. The van der Waals surface area contributed by atoms with Gasteiger partial charge in [-0.05, 0) is 66.2 Å². The van der Waals surface area contributed by atoms with Crippen LogP contribution in [0.5, 0.6) is 0 Å². The lowest BCUT2D eigenvalue weighted by molar-refractivity contribution is -0.144. The second-order valence-electron chi connectivity index (χ2n) is 15.8. The molecule has 328 valence electrons. The summed E-state index contributed by atoms with van der Waals surface area (Å²) in [5.74, 6) is -2.06. The van der Waals surface area contributed by atoms with Gasteiger partial charge in [0.05, 0.1) is 43.0 Å². The Bertz CT molecular complexity index is 2250. The number of ether oxygens (including phenoxy) is 2. The highest BCUT2D eigenvalue weighted by Crippen LogP contribution is 2.44. The van der Waals surface area contributed by atoms with E-state index in [-0.39, 0.29) is 70.2 Å². The van der Waals surface area contributed by atoms with Crippen LogP contribution in [0.4, 0.5) is 5.13 Å². The van der Waals surface area contributed by atoms with Crippen molar-refractivity contribution >= 4 is 63.6 Å². The summed E-state index contributed by atoms with van der Waals surface area (Å²) in [5, 5.41) is 24.0. The van der Waals surface area contributed by atoms with E-state index in [4.69, 9.17) is 9.47 Å². The maximum Gasteiger partial charge on any atom is 0.257 e. The zero-order valence-corrected chi connectivity index (χ0v) is 36.9. The molecule has 4 aromatic rings. The molecule has 1 fully saturated rings. The molecular formula is C44H52N8O8S2. The third kappa shape index (κ3) is 12.0. The van der Waals surface area contributed by atoms with Crippen LogP contribution in [0.25, 0.3) is 17.1 Å². The number of anilines is 1. The summed E-state index contributed by atoms with van der Waals surface area (Å²) < 4.78 is 13.2. The molecule has 4 heterocycles. The fourth-order valence-electron chi connectivity index (χ4n) is 6.82. The van der Waals surface area contributed by atoms with E-state index in [1.54, 1.807) is 42.4 Å². The minimum absolute atomic E-state index is 0.0303. The number of amides is 5. The maximum absolute atomic E-state index is 13.9. The first-order valence-corrected chi connectivity index (χ1v) is 22.2. The van der Waals surface area contributed by atoms with Crippen LogP contribution in [0.3, 0.4) is 0 Å². The van der Waals surface area contributed by atoms with Crippen LogP contribution in [0.2, 0.25) is 0 Å². The van der Waals surface area contributed by atoms with Gasteiger partial charge in [0, 0.05) is 60.6 Å². The number of carbonyl (C=O) groups is 5. The normalized spacial score (nSPS) is 16.5. The predicted octanol–water partition coefficient (Wildman–Crippen LogP) is 4.31. The second-order valence-corrected chi connectivity index (χ2v) is 17.4. The van der Waals surface area contributed by atoms with Crippen molar-refractivity contribution in [1.29, 1.82) is 0 Å². The number of thiazole rings is 1. The molecule has 5 N–H and O–H groups in total. The Morgan fingerprint density at radius 1 is 0.919 bits per heavy atom. The van der Waals surface area contributed by atoms with Gasteiger partial charge in [-0.15, -0.1) is 11.3 Å². The van der Waals surface area contributed by atoms with E-state index >= 15 is 0 Å². The number of benzene rings is 2. The van der Waals surface area contributed by atoms with Crippen molar-refractivity contribution in [3.8, 4) is 11.4 Å². The maximum atomic E-state index is 13.9. The molecule has 0 saturated carbocycles. The van der Waals surface area contributed by atoms with Crippen LogP contribution < -0.4 is 21.3 Å². The standard InChI is InChI=1S/C44H52N8O8S2/c1-27-37(52(27)61-5)29-11-9-28(10-12-29)23-47-41(57)35-22-32(53)24-51(35)42(58)38(44(2,3)4)49-36(54)25-60-21-20-59-19-18-46-39(55)30-13-15-31(16-14-30)40(56)50-43-48-34(26-62-43)33-8-6-7-17-45-33/h6-17,26,32,35,38,53H,18-25H2,1-5H3,(H,46,55)(H,47,57)(H,49,54)(H,48,50,56). The second kappa shape index (κ2) is 20.9. The van der Waals surface area contributed by atoms with E-state index in [2.05, 4.69) is 42.5 Å². The number of hydrogen-bond donors (Lipinski definition) is 5. The number of aromatic nitrogens is 2. The number of nitrogens with zero attached hydrogens (tertiary/aromatic N) is 4. The van der Waals surface area contributed by atoms with Crippen LogP contribution >= 0.6 is 23.3 Å². The first-order chi connectivity index (χ1) is 29.7. The van der Waals surface area contributed by atoms with Crippen LogP contribution in [0, 0.1) is 5.41 Å². The highest BCUT2D eigenvalue weighted by atomic mass is 32.2. The molecule has 3 atom stereocenters. The van der Waals surface area contributed by atoms with E-state index in [1.807, 2.05) is 74.9 Å². The number of β-amino-alcohol motifs (C(OH)–C–C–N with tert-alkyl or cyclic N) is 1. The molecule has 6 rings (SSSR count). The number of carbonyl (C=O) groups excluding carboxylic acids is 5. The summed E-state index contributed by atoms with van der Waals surface area (Å²) in [7, 11) is 0. The quantitative estimate of drug-likeness (QED) is 0.0661. The SMILES string of the molecule is CSN1C(C)=C1c1ccc(CNC(=O)C2CC(O)CN2C(=O)C(NC(=O)COCCOCCNC(=O)c2ccc(C(=O)Nc3nc(-c4ccccn4)cs3)cc2)C(C)(C)C)cc1. The lowest BCUT2D eigenvalue weighted by Gasteiger charge is -2.35. The molecule has 2 aliphatic rings. The van der Waals surface area contributed by atoms with Gasteiger partial charge in [0.2, 0.25) is 17.7 Å². The molecular weight excluding hydrogens is 833 g/mol. The number of likely N-dealkylation sites (tertiary alicyclic amines) is 1. The Morgan fingerprint density at radius 2 is 1.63 bits per heavy atom. The number of rotatable bonds is 19. The molecule has 62 heavy (non-hydrogen) atoms. The fourth-order valence-corrected chi connectivity index (χ4v) is 8.26. The zero-order valence-electron chi connectivity index (χ0n) is 35.3. The van der Waals surface area contributed by atoms with Gasteiger partial charge in [-0.3, -0.25) is 38.6 Å². The Hall–Kier alpha value is -5.66. The van der Waals surface area contributed by atoms with Gasteiger partial charge in [0.25, 0.3) is 11.8 Å². The van der Waals surface area contributed by atoms with E-state index < -0.39 is 35.4 Å². The van der Waals surface area contributed by atoms with Crippen molar-refractivity contribution in [3.63, 3.8) is 0 Å². The molecule has 2 aromatic carbocycles. The van der Waals surface area contributed by atoms with Crippen molar-refractivity contribution in [3.05, 3.63) is 106 Å². The summed E-state index contributed by atoms with van der Waals surface area (Å²) in [6, 6.07) is 17.8. The molecule has 2 aliphatic heterocycles. The number of aliphatic hydroxyl groups excluding tert-OH is 1. The molecule has 16 nitrogen and oxygen atoms in total. The van der Waals surface area contributed by atoms with Crippen LogP contribution in [-0.4, -0.2) is 118 Å². The summed E-state index contributed by atoms with van der Waals surface area (Å²) in [6.45, 7) is 8.04. The molecule has 5 amide bonds. The lowest BCUT2D eigenvalue weighted by Crippen LogP contribution is -2.58. The van der Waals surface area contributed by atoms with Gasteiger partial charge >= 0.3 is 0 Å². The summed E-state index contributed by atoms with van der Waals surface area (Å²) in [4.78, 5) is 75.7. The molecule has 2 aromatic heterocycles. The van der Waals surface area contributed by atoms with Crippen LogP contribution in [0.15, 0.2) is 84.0 Å². The first-order valence-electron chi connectivity index (χ1n) is 20.2. The fraction of sp³-hybridized carbons (Fsp3) is 0.386. The van der Waals surface area contributed by atoms with Gasteiger partial charge in [-0.2, -0.15) is 0 Å². The number of pyridine rings is 1. The first kappa shape index (κ1) is 45.9. The van der Waals surface area contributed by atoms with E-state index in [1.165, 1.54) is 27.6 Å². The van der Waals surface area contributed by atoms with Gasteiger partial charge in [-0.25, -0.2) is 4.98 Å². The summed E-state index contributed by atoms with van der Waals surface area (Å²) in [5.41, 5.74) is 5.80. The summed E-state index contributed by atoms with van der Waals surface area (Å²) >= 11 is 2.94. The largest absolute Gasteiger partial charge is 0.391 e. The highest BCUT2D eigenvalue weighted by Gasteiger charge is 2.44. The monoisotopic (exact) mass is 884 g/mol. The topological polar surface area (TPSA) is 204 Å². The van der Waals surface area contributed by atoms with Gasteiger partial charge < -0.3 is 35.4 Å². The lowest BCUT2D eigenvalue weighted by atomic mass is 9.85. The predicted molar refractivity (Wildman–Crippen MR) is 237 cm³/mol. The molecule has 3 unspecified atom stereocenters. The van der Waals surface area contributed by atoms with Gasteiger partial charge in [-0.1, -0.05) is 51.1 Å².